The summed E-state index contributed by atoms with van der Waals surface area (Å²) < 4.78 is 2.26. The van der Waals surface area contributed by atoms with Crippen LogP contribution in [-0.2, 0) is 19.5 Å². The van der Waals surface area contributed by atoms with Crippen molar-refractivity contribution in [1.29, 1.82) is 0 Å². The molecule has 122 valence electrons. The molecule has 0 saturated heterocycles. The Balaban J connectivity index is 1.58. The molecule has 2 aromatic heterocycles. The Morgan fingerprint density at radius 2 is 1.88 bits per heavy atom. The summed E-state index contributed by atoms with van der Waals surface area (Å²) in [5, 5.41) is 12.3. The van der Waals surface area contributed by atoms with Crippen molar-refractivity contribution in [2.24, 2.45) is 0 Å². The first kappa shape index (κ1) is 15.0. The van der Waals surface area contributed by atoms with Crippen LogP contribution in [0.15, 0.2) is 54.7 Å². The van der Waals surface area contributed by atoms with Crippen LogP contribution in [0.3, 0.4) is 0 Å². The molecule has 1 aliphatic heterocycles. The number of rotatable bonds is 5. The second kappa shape index (κ2) is 6.93. The van der Waals surface area contributed by atoms with Gasteiger partial charge in [-0.1, -0.05) is 36.4 Å². The normalized spacial score (nSPS) is 15.0. The molecule has 0 saturated carbocycles. The summed E-state index contributed by atoms with van der Waals surface area (Å²) in [6.07, 6.45) is 5.30. The van der Waals surface area contributed by atoms with Crippen LogP contribution in [-0.4, -0.2) is 19.7 Å². The highest BCUT2D eigenvalue weighted by atomic mass is 15.3. The Hall–Kier alpha value is -2.53. The third-order valence-electron chi connectivity index (χ3n) is 4.52. The molecule has 0 amide bonds. The number of hydrogen-bond acceptors (Lipinski definition) is 4. The smallest absolute Gasteiger partial charge is 0.147 e. The minimum atomic E-state index is 0.0453. The van der Waals surface area contributed by atoms with Crippen molar-refractivity contribution in [1.82, 2.24) is 25.1 Å². The lowest BCUT2D eigenvalue weighted by Crippen LogP contribution is -2.25. The predicted molar refractivity (Wildman–Crippen MR) is 92.3 cm³/mol. The second-order valence-electron chi connectivity index (χ2n) is 6.12. The fourth-order valence-electron chi connectivity index (χ4n) is 3.28. The van der Waals surface area contributed by atoms with E-state index < -0.39 is 0 Å². The number of nitrogens with one attached hydrogen (secondary N) is 1. The van der Waals surface area contributed by atoms with Gasteiger partial charge < -0.3 is 4.57 Å². The molecule has 3 aromatic rings. The summed E-state index contributed by atoms with van der Waals surface area (Å²) in [6, 6.07) is 16.5. The first-order chi connectivity index (χ1) is 11.9. The zero-order valence-electron chi connectivity index (χ0n) is 13.6. The van der Waals surface area contributed by atoms with Crippen LogP contribution in [0, 0.1) is 0 Å². The van der Waals surface area contributed by atoms with Crippen molar-refractivity contribution >= 4 is 0 Å². The lowest BCUT2D eigenvalue weighted by Gasteiger charge is -2.20. The first-order valence-electron chi connectivity index (χ1n) is 8.52. The van der Waals surface area contributed by atoms with Gasteiger partial charge >= 0.3 is 0 Å². The van der Waals surface area contributed by atoms with Crippen LogP contribution in [0.1, 0.15) is 41.8 Å². The van der Waals surface area contributed by atoms with E-state index in [1.165, 1.54) is 18.4 Å². The molecule has 0 spiro atoms. The van der Waals surface area contributed by atoms with Gasteiger partial charge in [0.15, 0.2) is 0 Å². The lowest BCUT2D eigenvalue weighted by atomic mass is 10.0. The quantitative estimate of drug-likeness (QED) is 0.785. The predicted octanol–water partition coefficient (Wildman–Crippen LogP) is 2.89. The van der Waals surface area contributed by atoms with Gasteiger partial charge in [0.05, 0.1) is 18.3 Å². The summed E-state index contributed by atoms with van der Waals surface area (Å²) in [7, 11) is 0. The summed E-state index contributed by atoms with van der Waals surface area (Å²) in [5.41, 5.74) is 2.22. The Labute approximate surface area is 141 Å². The van der Waals surface area contributed by atoms with E-state index in [2.05, 4.69) is 55.4 Å². The van der Waals surface area contributed by atoms with E-state index in [0.717, 1.165) is 30.3 Å². The monoisotopic (exact) mass is 319 g/mol. The highest BCUT2D eigenvalue weighted by Gasteiger charge is 2.19. The molecule has 5 heteroatoms. The maximum atomic E-state index is 4.54. The van der Waals surface area contributed by atoms with Gasteiger partial charge in [0.25, 0.3) is 0 Å². The van der Waals surface area contributed by atoms with Crippen LogP contribution < -0.4 is 5.32 Å². The van der Waals surface area contributed by atoms with Crippen molar-refractivity contribution in [3.8, 4) is 0 Å². The van der Waals surface area contributed by atoms with E-state index in [0.29, 0.717) is 6.54 Å². The number of aromatic nitrogens is 4. The van der Waals surface area contributed by atoms with Crippen molar-refractivity contribution in [3.05, 3.63) is 77.6 Å². The van der Waals surface area contributed by atoms with E-state index in [1.54, 1.807) is 0 Å². The number of benzene rings is 1. The van der Waals surface area contributed by atoms with Gasteiger partial charge in [0.2, 0.25) is 0 Å². The molecule has 24 heavy (non-hydrogen) atoms. The maximum Gasteiger partial charge on any atom is 0.147 e. The zero-order valence-corrected chi connectivity index (χ0v) is 13.6. The van der Waals surface area contributed by atoms with Gasteiger partial charge in [-0.3, -0.25) is 10.3 Å². The molecule has 0 bridgehead atoms. The number of nitrogens with zero attached hydrogens (tertiary/aromatic N) is 4. The van der Waals surface area contributed by atoms with Crippen LogP contribution in [0.4, 0.5) is 0 Å². The molecule has 1 N–H and O–H groups in total. The SMILES string of the molecule is c1ccc(C(NCc2nnc3n2CCCC3)c2ccccn2)cc1. The van der Waals surface area contributed by atoms with E-state index >= 15 is 0 Å². The van der Waals surface area contributed by atoms with Gasteiger partial charge in [-0.05, 0) is 30.5 Å². The highest BCUT2D eigenvalue weighted by Crippen LogP contribution is 2.21. The van der Waals surface area contributed by atoms with Crippen molar-refractivity contribution in [2.75, 3.05) is 0 Å². The Morgan fingerprint density at radius 3 is 2.71 bits per heavy atom. The van der Waals surface area contributed by atoms with Gasteiger partial charge in [0, 0.05) is 19.2 Å². The number of pyridine rings is 1. The molecule has 1 atom stereocenters. The fourth-order valence-corrected chi connectivity index (χ4v) is 3.28. The molecule has 1 unspecified atom stereocenters. The third kappa shape index (κ3) is 3.08. The molecule has 4 rings (SSSR count). The molecule has 1 aromatic carbocycles. The Bertz CT molecular complexity index is 743. The van der Waals surface area contributed by atoms with Crippen LogP contribution in [0.2, 0.25) is 0 Å². The number of fused-ring (bicyclic) bond motifs is 1. The van der Waals surface area contributed by atoms with E-state index in [9.17, 15) is 0 Å². The van der Waals surface area contributed by atoms with Crippen LogP contribution >= 0.6 is 0 Å². The van der Waals surface area contributed by atoms with Crippen molar-refractivity contribution in [3.63, 3.8) is 0 Å². The zero-order chi connectivity index (χ0) is 16.2. The first-order valence-corrected chi connectivity index (χ1v) is 8.52. The minimum absolute atomic E-state index is 0.0453. The molecule has 0 aliphatic carbocycles. The van der Waals surface area contributed by atoms with Crippen LogP contribution in [0.25, 0.3) is 0 Å². The van der Waals surface area contributed by atoms with Gasteiger partial charge in [-0.2, -0.15) is 0 Å². The fraction of sp³-hybridized carbons (Fsp3) is 0.316. The maximum absolute atomic E-state index is 4.54. The second-order valence-corrected chi connectivity index (χ2v) is 6.12. The average molecular weight is 319 g/mol. The lowest BCUT2D eigenvalue weighted by molar-refractivity contribution is 0.487. The molecular weight excluding hydrogens is 298 g/mol. The molecule has 3 heterocycles. The van der Waals surface area contributed by atoms with Crippen molar-refractivity contribution < 1.29 is 0 Å². The van der Waals surface area contributed by atoms with E-state index in [1.807, 2.05) is 24.4 Å². The van der Waals surface area contributed by atoms with Gasteiger partial charge in [-0.15, -0.1) is 10.2 Å². The van der Waals surface area contributed by atoms with Gasteiger partial charge in [-0.25, -0.2) is 0 Å². The molecule has 0 radical (unpaired) electrons. The minimum Gasteiger partial charge on any atom is -0.314 e. The average Bonchev–Trinajstić information content (AvgIpc) is 3.07. The third-order valence-corrected chi connectivity index (χ3v) is 4.52. The van der Waals surface area contributed by atoms with E-state index in [4.69, 9.17) is 0 Å². The summed E-state index contributed by atoms with van der Waals surface area (Å²) >= 11 is 0. The van der Waals surface area contributed by atoms with Gasteiger partial charge in [0.1, 0.15) is 11.6 Å². The number of aryl methyl sites for hydroxylation is 1. The standard InChI is InChI=1S/C19H21N5/c1-2-8-15(9-3-1)19(16-10-4-6-12-20-16)21-14-18-23-22-17-11-5-7-13-24(17)18/h1-4,6,8-10,12,19,21H,5,7,11,13-14H2. The topological polar surface area (TPSA) is 55.6 Å². The number of hydrogen-bond donors (Lipinski definition) is 1. The Kier molecular flexibility index (Phi) is 4.34. The Morgan fingerprint density at radius 1 is 1.00 bits per heavy atom. The molecule has 0 fully saturated rings. The molecular formula is C19H21N5. The largest absolute Gasteiger partial charge is 0.314 e. The summed E-state index contributed by atoms with van der Waals surface area (Å²) in [4.78, 5) is 4.54. The molecule has 1 aliphatic rings. The summed E-state index contributed by atoms with van der Waals surface area (Å²) in [6.45, 7) is 1.71. The van der Waals surface area contributed by atoms with Crippen LogP contribution in [0.5, 0.6) is 0 Å². The highest BCUT2D eigenvalue weighted by molar-refractivity contribution is 5.27. The van der Waals surface area contributed by atoms with Crippen molar-refractivity contribution in [2.45, 2.75) is 38.4 Å². The molecule has 5 nitrogen and oxygen atoms in total. The summed E-state index contributed by atoms with van der Waals surface area (Å²) in [5.74, 6) is 2.13. The van der Waals surface area contributed by atoms with E-state index in [-0.39, 0.29) is 6.04 Å².